The number of ketones is 1. The molecule has 1 N–H and O–H groups in total. The molecule has 1 aliphatic rings. The second kappa shape index (κ2) is 9.16. The predicted octanol–water partition coefficient (Wildman–Crippen LogP) is 4.46. The van der Waals surface area contributed by atoms with E-state index in [0.29, 0.717) is 17.1 Å². The molecule has 1 amide bonds. The number of aliphatic hydroxyl groups excluding tert-OH is 1. The van der Waals surface area contributed by atoms with Gasteiger partial charge >= 0.3 is 0 Å². The summed E-state index contributed by atoms with van der Waals surface area (Å²) in [5, 5.41) is 11.0. The smallest absolute Gasteiger partial charge is 0.295 e. The molecule has 0 saturated carbocycles. The quantitative estimate of drug-likeness (QED) is 0.343. The second-order valence-electron chi connectivity index (χ2n) is 7.53. The minimum Gasteiger partial charge on any atom is -0.507 e. The number of Topliss-reactive ketones (excluding diaryl/α,β-unsaturated/α-hetero) is 1. The molecule has 33 heavy (non-hydrogen) atoms. The Morgan fingerprint density at radius 2 is 1.61 bits per heavy atom. The van der Waals surface area contributed by atoms with Crippen LogP contribution >= 0.6 is 0 Å². The number of ether oxygens (including phenoxy) is 2. The van der Waals surface area contributed by atoms with Crippen molar-refractivity contribution in [1.82, 2.24) is 4.90 Å². The first-order valence-electron chi connectivity index (χ1n) is 10.2. The number of likely N-dealkylation sites (tertiary alicyclic amines) is 1. The van der Waals surface area contributed by atoms with Gasteiger partial charge in [0, 0.05) is 12.1 Å². The van der Waals surface area contributed by atoms with Crippen molar-refractivity contribution in [2.75, 3.05) is 14.2 Å². The first-order valence-corrected chi connectivity index (χ1v) is 10.2. The van der Waals surface area contributed by atoms with Gasteiger partial charge in [-0.2, -0.15) is 0 Å². The molecule has 168 valence electrons. The zero-order chi connectivity index (χ0) is 23.5. The highest BCUT2D eigenvalue weighted by molar-refractivity contribution is 6.46. The standard InChI is InChI=1S/C26H22FNO5/c1-32-20-13-10-18(14-21(20)33-2)23-22(24(29)17-8-11-19(27)12-9-17)25(30)26(31)28(23)15-16-6-4-3-5-7-16/h3-14,23,29H,15H2,1-2H3. The van der Waals surface area contributed by atoms with Crippen LogP contribution in [0.15, 0.2) is 78.4 Å². The Kier molecular flexibility index (Phi) is 6.13. The molecule has 1 heterocycles. The summed E-state index contributed by atoms with van der Waals surface area (Å²) in [5.74, 6) is -1.49. The van der Waals surface area contributed by atoms with Gasteiger partial charge < -0.3 is 19.5 Å². The maximum Gasteiger partial charge on any atom is 0.295 e. The molecular weight excluding hydrogens is 425 g/mol. The Bertz CT molecular complexity index is 1220. The number of halogens is 1. The lowest BCUT2D eigenvalue weighted by molar-refractivity contribution is -0.140. The van der Waals surface area contributed by atoms with E-state index in [0.717, 1.165) is 5.56 Å². The number of amides is 1. The van der Waals surface area contributed by atoms with Crippen LogP contribution < -0.4 is 9.47 Å². The molecule has 3 aromatic rings. The Morgan fingerprint density at radius 3 is 2.24 bits per heavy atom. The highest BCUT2D eigenvalue weighted by Crippen LogP contribution is 2.42. The van der Waals surface area contributed by atoms with Crippen molar-refractivity contribution in [3.05, 3.63) is 101 Å². The fourth-order valence-corrected chi connectivity index (χ4v) is 3.96. The van der Waals surface area contributed by atoms with Crippen molar-refractivity contribution >= 4 is 17.4 Å². The van der Waals surface area contributed by atoms with E-state index in [1.165, 1.54) is 43.4 Å². The van der Waals surface area contributed by atoms with E-state index >= 15 is 0 Å². The van der Waals surface area contributed by atoms with Crippen LogP contribution in [0.3, 0.4) is 0 Å². The Morgan fingerprint density at radius 1 is 0.939 bits per heavy atom. The van der Waals surface area contributed by atoms with Gasteiger partial charge in [0.15, 0.2) is 11.5 Å². The van der Waals surface area contributed by atoms with Crippen LogP contribution in [-0.4, -0.2) is 35.9 Å². The van der Waals surface area contributed by atoms with Gasteiger partial charge in [0.1, 0.15) is 11.6 Å². The third-order valence-electron chi connectivity index (χ3n) is 5.58. The van der Waals surface area contributed by atoms with Gasteiger partial charge in [-0.25, -0.2) is 4.39 Å². The zero-order valence-corrected chi connectivity index (χ0v) is 18.1. The van der Waals surface area contributed by atoms with Gasteiger partial charge in [-0.15, -0.1) is 0 Å². The lowest BCUT2D eigenvalue weighted by atomic mass is 9.94. The average Bonchev–Trinajstić information content (AvgIpc) is 3.09. The van der Waals surface area contributed by atoms with Crippen LogP contribution in [0.1, 0.15) is 22.7 Å². The molecule has 0 bridgehead atoms. The first kappa shape index (κ1) is 22.1. The number of carbonyl (C=O) groups excluding carboxylic acids is 2. The van der Waals surface area contributed by atoms with E-state index < -0.39 is 23.5 Å². The molecule has 0 aliphatic carbocycles. The summed E-state index contributed by atoms with van der Waals surface area (Å²) in [6, 6.07) is 18.5. The second-order valence-corrected chi connectivity index (χ2v) is 7.53. The van der Waals surface area contributed by atoms with Gasteiger partial charge in [0.2, 0.25) is 0 Å². The van der Waals surface area contributed by atoms with E-state index in [1.807, 2.05) is 30.3 Å². The number of hydrogen-bond acceptors (Lipinski definition) is 5. The molecule has 1 atom stereocenters. The summed E-state index contributed by atoms with van der Waals surface area (Å²) in [4.78, 5) is 27.6. The van der Waals surface area contributed by atoms with E-state index in [2.05, 4.69) is 0 Å². The van der Waals surface area contributed by atoms with Crippen LogP contribution in [0.4, 0.5) is 4.39 Å². The van der Waals surface area contributed by atoms with Crippen LogP contribution in [-0.2, 0) is 16.1 Å². The van der Waals surface area contributed by atoms with Crippen LogP contribution in [0.25, 0.3) is 5.76 Å². The molecule has 1 fully saturated rings. The Hall–Kier alpha value is -4.13. The van der Waals surface area contributed by atoms with E-state index in [1.54, 1.807) is 18.2 Å². The van der Waals surface area contributed by atoms with Gasteiger partial charge in [0.05, 0.1) is 25.8 Å². The maximum atomic E-state index is 13.4. The van der Waals surface area contributed by atoms with Crippen LogP contribution in [0.5, 0.6) is 11.5 Å². The topological polar surface area (TPSA) is 76.1 Å². The first-order chi connectivity index (χ1) is 15.9. The minimum absolute atomic E-state index is 0.0743. The fourth-order valence-electron chi connectivity index (χ4n) is 3.96. The monoisotopic (exact) mass is 447 g/mol. The van der Waals surface area contributed by atoms with Gasteiger partial charge in [-0.1, -0.05) is 36.4 Å². The van der Waals surface area contributed by atoms with E-state index in [9.17, 15) is 19.1 Å². The molecule has 6 nitrogen and oxygen atoms in total. The largest absolute Gasteiger partial charge is 0.507 e. The van der Waals surface area contributed by atoms with E-state index in [-0.39, 0.29) is 23.4 Å². The van der Waals surface area contributed by atoms with Crippen molar-refractivity contribution in [3.63, 3.8) is 0 Å². The molecule has 1 saturated heterocycles. The highest BCUT2D eigenvalue weighted by atomic mass is 19.1. The average molecular weight is 447 g/mol. The lowest BCUT2D eigenvalue weighted by Gasteiger charge is -2.26. The third kappa shape index (κ3) is 4.17. The molecule has 0 aromatic heterocycles. The number of methoxy groups -OCH3 is 2. The van der Waals surface area contributed by atoms with Gasteiger partial charge in [0.25, 0.3) is 11.7 Å². The SMILES string of the molecule is COc1ccc(C2C(=C(O)c3ccc(F)cc3)C(=O)C(=O)N2Cc2ccccc2)cc1OC. The minimum atomic E-state index is -0.880. The van der Waals surface area contributed by atoms with Gasteiger partial charge in [-0.05, 0) is 47.5 Å². The molecule has 1 unspecified atom stereocenters. The number of carbonyl (C=O) groups is 2. The van der Waals surface area contributed by atoms with Crippen LogP contribution in [0.2, 0.25) is 0 Å². The molecule has 1 aliphatic heterocycles. The summed E-state index contributed by atoms with van der Waals surface area (Å²) in [6.45, 7) is 0.157. The summed E-state index contributed by atoms with van der Waals surface area (Å²) in [7, 11) is 2.99. The molecule has 0 radical (unpaired) electrons. The number of benzene rings is 3. The highest BCUT2D eigenvalue weighted by Gasteiger charge is 2.46. The number of nitrogens with zero attached hydrogens (tertiary/aromatic N) is 1. The summed E-state index contributed by atoms with van der Waals surface area (Å²) >= 11 is 0. The van der Waals surface area contributed by atoms with Crippen molar-refractivity contribution < 1.29 is 28.6 Å². The predicted molar refractivity (Wildman–Crippen MR) is 120 cm³/mol. The van der Waals surface area contributed by atoms with Crippen molar-refractivity contribution in [2.45, 2.75) is 12.6 Å². The zero-order valence-electron chi connectivity index (χ0n) is 18.1. The van der Waals surface area contributed by atoms with Crippen molar-refractivity contribution in [3.8, 4) is 11.5 Å². The van der Waals surface area contributed by atoms with Crippen LogP contribution in [0, 0.1) is 5.82 Å². The number of aliphatic hydroxyl groups is 1. The molecular formula is C26H22FNO5. The van der Waals surface area contributed by atoms with E-state index in [4.69, 9.17) is 9.47 Å². The molecule has 7 heteroatoms. The van der Waals surface area contributed by atoms with Crippen molar-refractivity contribution in [2.24, 2.45) is 0 Å². The lowest BCUT2D eigenvalue weighted by Crippen LogP contribution is -2.29. The molecule has 4 rings (SSSR count). The Labute approximate surface area is 190 Å². The van der Waals surface area contributed by atoms with Crippen molar-refractivity contribution in [1.29, 1.82) is 0 Å². The van der Waals surface area contributed by atoms with Gasteiger partial charge in [-0.3, -0.25) is 9.59 Å². The number of hydrogen-bond donors (Lipinski definition) is 1. The summed E-state index contributed by atoms with van der Waals surface area (Å²) in [5.41, 5.74) is 1.55. The summed E-state index contributed by atoms with van der Waals surface area (Å²) in [6.07, 6.45) is 0. The number of rotatable bonds is 6. The fraction of sp³-hybridized carbons (Fsp3) is 0.154. The normalized spacial score (nSPS) is 17.3. The Balaban J connectivity index is 1.89. The molecule has 3 aromatic carbocycles. The third-order valence-corrected chi connectivity index (χ3v) is 5.58. The summed E-state index contributed by atoms with van der Waals surface area (Å²) < 4.78 is 24.1. The maximum absolute atomic E-state index is 13.4. The molecule has 0 spiro atoms.